The number of methoxy groups -OCH3 is 2. The van der Waals surface area contributed by atoms with Crippen LogP contribution >= 0.6 is 0 Å². The molecule has 0 heterocycles. The van der Waals surface area contributed by atoms with E-state index >= 15 is 0 Å². The Morgan fingerprint density at radius 2 is 1.39 bits per heavy atom. The SMILES string of the molecule is COc1ccc(C(OCCC(O)CCNC(=O)O[C@@H]2CC[C@@]3(C)C4CC[C@]5(C)C(CC[C@H]5[C@@H](C)CCCC(C)C)C4CCC3(C)C2)(c2ccccc2)c2ccc(OC)cc2)cc1. The number of nitrogens with one attached hydrogen (secondary N) is 1. The molecule has 0 spiro atoms. The highest BCUT2D eigenvalue weighted by Gasteiger charge is 2.64. The zero-order valence-electron chi connectivity index (χ0n) is 39.4. The number of carbonyl (C=O) groups excluding carboxylic acids is 1. The summed E-state index contributed by atoms with van der Waals surface area (Å²) in [5, 5.41) is 14.2. The first kappa shape index (κ1) is 46.4. The number of rotatable bonds is 18. The van der Waals surface area contributed by atoms with Gasteiger partial charge in [0.25, 0.3) is 0 Å². The zero-order valence-corrected chi connectivity index (χ0v) is 39.4. The van der Waals surface area contributed by atoms with Gasteiger partial charge in [0.1, 0.15) is 23.2 Å². The molecule has 1 amide bonds. The fourth-order valence-electron chi connectivity index (χ4n) is 13.8. The lowest BCUT2D eigenvalue weighted by Crippen LogP contribution is -2.58. The summed E-state index contributed by atoms with van der Waals surface area (Å²) in [5.74, 6) is 6.54. The van der Waals surface area contributed by atoms with Crippen molar-refractivity contribution >= 4 is 6.09 Å². The molecule has 0 radical (unpaired) electrons. The van der Waals surface area contributed by atoms with Gasteiger partial charge in [-0.25, -0.2) is 4.79 Å². The van der Waals surface area contributed by atoms with Crippen LogP contribution in [0.2, 0.25) is 0 Å². The summed E-state index contributed by atoms with van der Waals surface area (Å²) < 4.78 is 24.1. The summed E-state index contributed by atoms with van der Waals surface area (Å²) in [6, 6.07) is 26.1. The normalized spacial score (nSPS) is 30.4. The monoisotopic (exact) mass is 850 g/mol. The van der Waals surface area contributed by atoms with E-state index in [2.05, 4.69) is 59.0 Å². The average molecular weight is 850 g/mol. The Morgan fingerprint density at radius 3 is 2.02 bits per heavy atom. The van der Waals surface area contributed by atoms with Gasteiger partial charge >= 0.3 is 6.09 Å². The van der Waals surface area contributed by atoms with E-state index < -0.39 is 11.7 Å². The summed E-state index contributed by atoms with van der Waals surface area (Å²) >= 11 is 0. The van der Waals surface area contributed by atoms with E-state index in [1.807, 2.05) is 66.7 Å². The molecule has 5 unspecified atom stereocenters. The minimum Gasteiger partial charge on any atom is -0.497 e. The number of carbonyl (C=O) groups is 1. The first-order chi connectivity index (χ1) is 29.8. The topological polar surface area (TPSA) is 86.2 Å². The Balaban J connectivity index is 0.910. The molecule has 62 heavy (non-hydrogen) atoms. The standard InChI is InChI=1S/C55H79NO6/c1-38(2)13-12-14-39(3)48-25-26-49-47-28-32-52(4)37-46(27-34-54(52,6)50(47)29-33-53(48,49)5)62-51(58)56-35-30-43(57)31-36-61-55(40-15-10-9-11-16-40,41-17-21-44(59-7)22-18-41)42-19-23-45(60-8)24-20-42/h9-11,15-24,38-39,43,46-50,57H,12-14,25-37H2,1-8H3,(H,56,58)/t39-,43?,46+,47?,48-,49?,50?,52?,53-,54-/m0/s1. The van der Waals surface area contributed by atoms with Crippen LogP contribution in [0.1, 0.15) is 148 Å². The quantitative estimate of drug-likeness (QED) is 0.124. The van der Waals surface area contributed by atoms with E-state index in [0.29, 0.717) is 30.2 Å². The second kappa shape index (κ2) is 19.7. The minimum absolute atomic E-state index is 0.0682. The highest BCUT2D eigenvalue weighted by molar-refractivity contribution is 5.67. The van der Waals surface area contributed by atoms with Crippen LogP contribution in [0.3, 0.4) is 0 Å². The molecule has 7 rings (SSSR count). The number of aliphatic hydroxyl groups excluding tert-OH is 1. The lowest BCUT2D eigenvalue weighted by atomic mass is 9.40. The molecule has 3 aromatic rings. The van der Waals surface area contributed by atoms with Crippen molar-refractivity contribution in [3.05, 3.63) is 95.6 Å². The van der Waals surface area contributed by atoms with Crippen LogP contribution in [0.4, 0.5) is 4.79 Å². The number of ether oxygens (including phenoxy) is 4. The third-order valence-corrected chi connectivity index (χ3v) is 17.5. The summed E-state index contributed by atoms with van der Waals surface area (Å²) in [5.41, 5.74) is 2.88. The molecule has 4 aliphatic carbocycles. The van der Waals surface area contributed by atoms with E-state index in [-0.39, 0.29) is 24.2 Å². The minimum atomic E-state index is -0.948. The molecule has 0 saturated heterocycles. The second-order valence-corrected chi connectivity index (χ2v) is 21.2. The van der Waals surface area contributed by atoms with Crippen LogP contribution in [0.15, 0.2) is 78.9 Å². The van der Waals surface area contributed by atoms with E-state index in [9.17, 15) is 9.90 Å². The van der Waals surface area contributed by atoms with Gasteiger partial charge in [0, 0.05) is 6.54 Å². The summed E-state index contributed by atoms with van der Waals surface area (Å²) in [4.78, 5) is 13.3. The summed E-state index contributed by atoms with van der Waals surface area (Å²) in [6.07, 6.45) is 15.1. The van der Waals surface area contributed by atoms with Gasteiger partial charge in [0.05, 0.1) is 26.9 Å². The van der Waals surface area contributed by atoms with Crippen LogP contribution in [0.25, 0.3) is 0 Å². The molecule has 340 valence electrons. The van der Waals surface area contributed by atoms with E-state index in [1.165, 1.54) is 57.8 Å². The van der Waals surface area contributed by atoms with Crippen molar-refractivity contribution in [2.24, 2.45) is 51.8 Å². The van der Waals surface area contributed by atoms with Gasteiger partial charge in [0.15, 0.2) is 0 Å². The molecule has 7 heteroatoms. The molecule has 4 saturated carbocycles. The Kier molecular flexibility index (Phi) is 14.7. The van der Waals surface area contributed by atoms with Crippen molar-refractivity contribution in [3.63, 3.8) is 0 Å². The predicted octanol–water partition coefficient (Wildman–Crippen LogP) is 12.8. The summed E-state index contributed by atoms with van der Waals surface area (Å²) in [7, 11) is 3.32. The molecule has 0 bridgehead atoms. The van der Waals surface area contributed by atoms with Crippen LogP contribution in [-0.4, -0.2) is 50.8 Å². The van der Waals surface area contributed by atoms with E-state index in [4.69, 9.17) is 18.9 Å². The molecule has 2 N–H and O–H groups in total. The average Bonchev–Trinajstić information content (AvgIpc) is 3.63. The van der Waals surface area contributed by atoms with E-state index in [0.717, 1.165) is 83.0 Å². The van der Waals surface area contributed by atoms with Crippen molar-refractivity contribution in [1.29, 1.82) is 0 Å². The lowest BCUT2D eigenvalue weighted by molar-refractivity contribution is -0.171. The first-order valence-corrected chi connectivity index (χ1v) is 24.4. The van der Waals surface area contributed by atoms with Crippen molar-refractivity contribution < 1.29 is 28.8 Å². The number of hydrogen-bond donors (Lipinski definition) is 2. The molecular weight excluding hydrogens is 771 g/mol. The van der Waals surface area contributed by atoms with Gasteiger partial charge < -0.3 is 29.4 Å². The number of fused-ring (bicyclic) bond motifs is 5. The molecule has 0 aliphatic heterocycles. The number of amides is 1. The number of benzene rings is 3. The highest BCUT2D eigenvalue weighted by Crippen LogP contribution is 2.71. The molecule has 4 fully saturated rings. The smallest absolute Gasteiger partial charge is 0.407 e. The Morgan fingerprint density at radius 1 is 0.742 bits per heavy atom. The molecular formula is C55H79NO6. The zero-order chi connectivity index (χ0) is 44.1. The van der Waals surface area contributed by atoms with Gasteiger partial charge in [-0.3, -0.25) is 0 Å². The van der Waals surface area contributed by atoms with Crippen molar-refractivity contribution in [2.75, 3.05) is 27.4 Å². The lowest BCUT2D eigenvalue weighted by Gasteiger charge is -2.65. The van der Waals surface area contributed by atoms with Crippen LogP contribution in [-0.2, 0) is 15.1 Å². The maximum absolute atomic E-state index is 13.3. The Bertz CT molecular complexity index is 1830. The van der Waals surface area contributed by atoms with Crippen molar-refractivity contribution in [2.45, 2.75) is 149 Å². The number of alkyl carbamates (subject to hydrolysis) is 1. The van der Waals surface area contributed by atoms with E-state index in [1.54, 1.807) is 14.2 Å². The summed E-state index contributed by atoms with van der Waals surface area (Å²) in [6.45, 7) is 15.8. The first-order valence-electron chi connectivity index (χ1n) is 24.4. The van der Waals surface area contributed by atoms with Crippen LogP contribution in [0, 0.1) is 51.8 Å². The largest absolute Gasteiger partial charge is 0.497 e. The number of hydrogen-bond acceptors (Lipinski definition) is 6. The fourth-order valence-corrected chi connectivity index (χ4v) is 13.8. The Labute approximate surface area is 374 Å². The number of aliphatic hydroxyl groups is 1. The Hall–Kier alpha value is -3.55. The van der Waals surface area contributed by atoms with Gasteiger partial charge in [-0.15, -0.1) is 0 Å². The van der Waals surface area contributed by atoms with Gasteiger partial charge in [-0.05, 0) is 163 Å². The maximum Gasteiger partial charge on any atom is 0.407 e. The fraction of sp³-hybridized carbons (Fsp3) is 0.655. The highest BCUT2D eigenvalue weighted by atomic mass is 16.6. The predicted molar refractivity (Wildman–Crippen MR) is 249 cm³/mol. The third kappa shape index (κ3) is 9.32. The molecule has 4 aliphatic rings. The van der Waals surface area contributed by atoms with Crippen LogP contribution in [0.5, 0.6) is 11.5 Å². The van der Waals surface area contributed by atoms with Gasteiger partial charge in [-0.2, -0.15) is 0 Å². The molecule has 7 nitrogen and oxygen atoms in total. The van der Waals surface area contributed by atoms with Gasteiger partial charge in [0.2, 0.25) is 0 Å². The van der Waals surface area contributed by atoms with Crippen LogP contribution < -0.4 is 14.8 Å². The van der Waals surface area contributed by atoms with Gasteiger partial charge in [-0.1, -0.05) is 115 Å². The van der Waals surface area contributed by atoms with Crippen molar-refractivity contribution in [3.8, 4) is 11.5 Å². The molecule has 10 atom stereocenters. The molecule has 0 aromatic heterocycles. The third-order valence-electron chi connectivity index (χ3n) is 17.5. The van der Waals surface area contributed by atoms with Crippen molar-refractivity contribution in [1.82, 2.24) is 5.32 Å². The second-order valence-electron chi connectivity index (χ2n) is 21.2. The maximum atomic E-state index is 13.3. The molecule has 3 aromatic carbocycles.